The minimum atomic E-state index is 0.0325. The molecule has 0 unspecified atom stereocenters. The maximum atomic E-state index is 9.45. The van der Waals surface area contributed by atoms with Crippen LogP contribution in [-0.2, 0) is 13.7 Å². The van der Waals surface area contributed by atoms with E-state index in [0.29, 0.717) is 0 Å². The van der Waals surface area contributed by atoms with Crippen molar-refractivity contribution in [2.45, 2.75) is 6.61 Å². The summed E-state index contributed by atoms with van der Waals surface area (Å²) in [5.41, 5.74) is 6.46. The topological polar surface area (TPSA) is 37.6 Å². The summed E-state index contributed by atoms with van der Waals surface area (Å²) in [6.07, 6.45) is 0. The number of rotatable bonds is 5. The van der Waals surface area contributed by atoms with Gasteiger partial charge in [0, 0.05) is 45.9 Å². The molecule has 5 rings (SSSR count). The third kappa shape index (κ3) is 3.31. The van der Waals surface area contributed by atoms with Crippen molar-refractivity contribution in [2.75, 3.05) is 12.0 Å². The standard InChI is InChI=1S/C27H24N2O2/c1-28-26-6-4-3-5-24(26)25-17-22(13-16-27(25)28)29(20-9-7-19(18-30)8-10-20)21-11-14-23(31-2)15-12-21/h3-17,30H,18H2,1-2H3. The van der Waals surface area contributed by atoms with E-state index in [1.807, 2.05) is 36.4 Å². The van der Waals surface area contributed by atoms with Crippen LogP contribution in [0.4, 0.5) is 17.1 Å². The van der Waals surface area contributed by atoms with E-state index in [9.17, 15) is 5.11 Å². The van der Waals surface area contributed by atoms with Gasteiger partial charge < -0.3 is 19.3 Å². The first-order valence-corrected chi connectivity index (χ1v) is 10.3. The van der Waals surface area contributed by atoms with Gasteiger partial charge in [-0.05, 0) is 66.2 Å². The van der Waals surface area contributed by atoms with Gasteiger partial charge in [0.25, 0.3) is 0 Å². The van der Waals surface area contributed by atoms with Gasteiger partial charge in [-0.25, -0.2) is 0 Å². The van der Waals surface area contributed by atoms with Crippen molar-refractivity contribution in [3.05, 3.63) is 96.6 Å². The molecule has 5 aromatic rings. The highest BCUT2D eigenvalue weighted by molar-refractivity contribution is 6.09. The summed E-state index contributed by atoms with van der Waals surface area (Å²) in [5, 5.41) is 11.9. The molecule has 0 aliphatic rings. The quantitative estimate of drug-likeness (QED) is 0.371. The van der Waals surface area contributed by atoms with Crippen LogP contribution >= 0.6 is 0 Å². The summed E-state index contributed by atoms with van der Waals surface area (Å²) in [4.78, 5) is 2.22. The number of anilines is 3. The fraction of sp³-hybridized carbons (Fsp3) is 0.111. The third-order valence-electron chi connectivity index (χ3n) is 5.86. The molecule has 0 saturated carbocycles. The van der Waals surface area contributed by atoms with Crippen LogP contribution in [-0.4, -0.2) is 16.8 Å². The predicted molar refractivity (Wildman–Crippen MR) is 128 cm³/mol. The molecule has 0 fully saturated rings. The Balaban J connectivity index is 1.71. The number of methoxy groups -OCH3 is 1. The minimum absolute atomic E-state index is 0.0325. The molecule has 0 aliphatic heterocycles. The van der Waals surface area contributed by atoms with Gasteiger partial charge >= 0.3 is 0 Å². The molecule has 1 N–H and O–H groups in total. The average molecular weight is 409 g/mol. The van der Waals surface area contributed by atoms with Gasteiger partial charge in [0.15, 0.2) is 0 Å². The normalized spacial score (nSPS) is 11.2. The smallest absolute Gasteiger partial charge is 0.119 e. The molecule has 0 saturated heterocycles. The zero-order valence-corrected chi connectivity index (χ0v) is 17.6. The second kappa shape index (κ2) is 7.82. The lowest BCUT2D eigenvalue weighted by atomic mass is 10.1. The second-order valence-corrected chi connectivity index (χ2v) is 7.64. The number of aromatic nitrogens is 1. The molecule has 0 radical (unpaired) electrons. The van der Waals surface area contributed by atoms with Crippen LogP contribution in [0.15, 0.2) is 91.0 Å². The third-order valence-corrected chi connectivity index (χ3v) is 5.86. The molecule has 0 bridgehead atoms. The van der Waals surface area contributed by atoms with Gasteiger partial charge in [-0.1, -0.05) is 30.3 Å². The number of hydrogen-bond acceptors (Lipinski definition) is 3. The van der Waals surface area contributed by atoms with Crippen molar-refractivity contribution in [1.82, 2.24) is 4.57 Å². The summed E-state index contributed by atoms with van der Waals surface area (Å²) in [6.45, 7) is 0.0325. The lowest BCUT2D eigenvalue weighted by Gasteiger charge is -2.26. The lowest BCUT2D eigenvalue weighted by Crippen LogP contribution is -2.10. The fourth-order valence-electron chi connectivity index (χ4n) is 4.22. The second-order valence-electron chi connectivity index (χ2n) is 7.64. The first kappa shape index (κ1) is 19.2. The molecule has 31 heavy (non-hydrogen) atoms. The summed E-state index contributed by atoms with van der Waals surface area (Å²) in [7, 11) is 3.79. The number of hydrogen-bond donors (Lipinski definition) is 1. The number of aliphatic hydroxyl groups excluding tert-OH is 1. The molecule has 0 aliphatic carbocycles. The molecular formula is C27H24N2O2. The maximum absolute atomic E-state index is 9.45. The Morgan fingerprint density at radius 3 is 2.03 bits per heavy atom. The van der Waals surface area contributed by atoms with Crippen LogP contribution in [0.1, 0.15) is 5.56 Å². The largest absolute Gasteiger partial charge is 0.497 e. The van der Waals surface area contributed by atoms with E-state index in [-0.39, 0.29) is 6.61 Å². The molecule has 4 aromatic carbocycles. The number of nitrogens with zero attached hydrogens (tertiary/aromatic N) is 2. The van der Waals surface area contributed by atoms with E-state index < -0.39 is 0 Å². The van der Waals surface area contributed by atoms with Gasteiger partial charge in [0.2, 0.25) is 0 Å². The van der Waals surface area contributed by atoms with Gasteiger partial charge in [0.05, 0.1) is 13.7 Å². The van der Waals surface area contributed by atoms with Crippen molar-refractivity contribution in [3.63, 3.8) is 0 Å². The Morgan fingerprint density at radius 1 is 0.742 bits per heavy atom. The number of aryl methyl sites for hydroxylation is 1. The fourth-order valence-corrected chi connectivity index (χ4v) is 4.22. The van der Waals surface area contributed by atoms with Crippen molar-refractivity contribution in [2.24, 2.45) is 7.05 Å². The Bertz CT molecular complexity index is 1300. The first-order valence-electron chi connectivity index (χ1n) is 10.3. The summed E-state index contributed by atoms with van der Waals surface area (Å²) >= 11 is 0. The Kier molecular flexibility index (Phi) is 4.85. The van der Waals surface area contributed by atoms with E-state index in [1.54, 1.807) is 7.11 Å². The van der Waals surface area contributed by atoms with Crippen LogP contribution in [0.2, 0.25) is 0 Å². The first-order chi connectivity index (χ1) is 15.2. The van der Waals surface area contributed by atoms with Gasteiger partial charge in [-0.2, -0.15) is 0 Å². The van der Waals surface area contributed by atoms with Crippen molar-refractivity contribution in [3.8, 4) is 5.75 Å². The Hall–Kier alpha value is -3.76. The molecule has 1 aromatic heterocycles. The van der Waals surface area contributed by atoms with Crippen LogP contribution in [0.25, 0.3) is 21.8 Å². The molecule has 1 heterocycles. The van der Waals surface area contributed by atoms with Crippen LogP contribution in [0, 0.1) is 0 Å². The van der Waals surface area contributed by atoms with Gasteiger partial charge in [0.1, 0.15) is 5.75 Å². The van der Waals surface area contributed by atoms with E-state index >= 15 is 0 Å². The van der Waals surface area contributed by atoms with E-state index in [0.717, 1.165) is 28.4 Å². The number of fused-ring (bicyclic) bond motifs is 3. The SMILES string of the molecule is COc1ccc(N(c2ccc(CO)cc2)c2ccc3c(c2)c2ccccc2n3C)cc1. The average Bonchev–Trinajstić information content (AvgIpc) is 3.12. The maximum Gasteiger partial charge on any atom is 0.119 e. The molecule has 154 valence electrons. The molecule has 4 heteroatoms. The highest BCUT2D eigenvalue weighted by atomic mass is 16.5. The highest BCUT2D eigenvalue weighted by Crippen LogP contribution is 2.38. The number of ether oxygens (including phenoxy) is 1. The van der Waals surface area contributed by atoms with Crippen LogP contribution < -0.4 is 9.64 Å². The number of aliphatic hydroxyl groups is 1. The van der Waals surface area contributed by atoms with Gasteiger partial charge in [-0.3, -0.25) is 0 Å². The molecule has 4 nitrogen and oxygen atoms in total. The summed E-state index contributed by atoms with van der Waals surface area (Å²) < 4.78 is 7.59. The Labute approximate surface area is 181 Å². The highest BCUT2D eigenvalue weighted by Gasteiger charge is 2.15. The van der Waals surface area contributed by atoms with E-state index in [2.05, 4.69) is 71.1 Å². The van der Waals surface area contributed by atoms with Crippen molar-refractivity contribution in [1.29, 1.82) is 0 Å². The van der Waals surface area contributed by atoms with Crippen LogP contribution in [0.5, 0.6) is 5.75 Å². The molecule has 0 amide bonds. The lowest BCUT2D eigenvalue weighted by molar-refractivity contribution is 0.282. The number of benzene rings is 4. The number of para-hydroxylation sites is 1. The van der Waals surface area contributed by atoms with E-state index in [1.165, 1.54) is 21.8 Å². The summed E-state index contributed by atoms with van der Waals surface area (Å²) in [6, 6.07) is 31.2. The van der Waals surface area contributed by atoms with Crippen molar-refractivity contribution >= 4 is 38.9 Å². The molecule has 0 spiro atoms. The van der Waals surface area contributed by atoms with Crippen LogP contribution in [0.3, 0.4) is 0 Å². The van der Waals surface area contributed by atoms with Crippen molar-refractivity contribution < 1.29 is 9.84 Å². The zero-order valence-electron chi connectivity index (χ0n) is 17.6. The molecular weight excluding hydrogens is 384 g/mol. The monoisotopic (exact) mass is 408 g/mol. The molecule has 0 atom stereocenters. The van der Waals surface area contributed by atoms with Gasteiger partial charge in [-0.15, -0.1) is 0 Å². The summed E-state index contributed by atoms with van der Waals surface area (Å²) in [5.74, 6) is 0.823. The zero-order chi connectivity index (χ0) is 21.4. The Morgan fingerprint density at radius 2 is 1.35 bits per heavy atom. The van der Waals surface area contributed by atoms with E-state index in [4.69, 9.17) is 4.74 Å². The minimum Gasteiger partial charge on any atom is -0.497 e. The predicted octanol–water partition coefficient (Wildman–Crippen LogP) is 6.30.